The van der Waals surface area contributed by atoms with Crippen molar-refractivity contribution in [2.75, 3.05) is 85.1 Å². The molecule has 4 heterocycles. The Bertz CT molecular complexity index is 3330. The van der Waals surface area contributed by atoms with Gasteiger partial charge in [-0.3, -0.25) is 19.2 Å². The van der Waals surface area contributed by atoms with Crippen LogP contribution in [-0.4, -0.2) is 330 Å². The summed E-state index contributed by atoms with van der Waals surface area (Å²) in [6.45, 7) is 2.37. The minimum atomic E-state index is -2.16. The zero-order valence-corrected chi connectivity index (χ0v) is 71.8. The van der Waals surface area contributed by atoms with E-state index in [1.807, 2.05) is 12.2 Å². The third-order valence-corrected chi connectivity index (χ3v) is 22.4. The highest BCUT2D eigenvalue weighted by Gasteiger charge is 2.53. The monoisotopic (exact) mass is 1770 g/mol. The molecule has 4 fully saturated rings. The molecule has 37 nitrogen and oxygen atoms in total. The minimum absolute atomic E-state index is 0.0290. The van der Waals surface area contributed by atoms with Crippen LogP contribution in [0.4, 0.5) is 9.59 Å². The number of aliphatic carboxylic acids is 1. The van der Waals surface area contributed by atoms with Crippen LogP contribution < -0.4 is 21.3 Å². The lowest BCUT2D eigenvalue weighted by molar-refractivity contribution is -0.347. The van der Waals surface area contributed by atoms with E-state index in [1.165, 1.54) is 42.5 Å². The summed E-state index contributed by atoms with van der Waals surface area (Å²) in [5, 5.41) is 132. The number of alkyl carbamates (subject to hydrolysis) is 2. The second-order valence-electron chi connectivity index (χ2n) is 29.4. The van der Waals surface area contributed by atoms with Crippen molar-refractivity contribution in [2.24, 2.45) is 5.92 Å². The smallest absolute Gasteiger partial charge is 0.408 e. The fraction of sp³-hybridized carbons (Fsp3) is 0.735. The molecule has 24 atom stereocenters. The number of hydrogen-bond donors (Lipinski definition) is 15. The van der Waals surface area contributed by atoms with Gasteiger partial charge in [0.05, 0.1) is 45.6 Å². The molecule has 0 aromatic heterocycles. The van der Waals surface area contributed by atoms with Crippen LogP contribution >= 0.6 is 21.6 Å². The second-order valence-corrected chi connectivity index (χ2v) is 32.0. The summed E-state index contributed by atoms with van der Waals surface area (Å²) < 4.78 is 78.0. The number of amides is 4. The van der Waals surface area contributed by atoms with E-state index < -0.39 is 191 Å². The molecule has 122 heavy (non-hydrogen) atoms. The fourth-order valence-corrected chi connectivity index (χ4v) is 15.3. The predicted molar refractivity (Wildman–Crippen MR) is 441 cm³/mol. The first kappa shape index (κ1) is 106. The summed E-state index contributed by atoms with van der Waals surface area (Å²) in [6.07, 6.45) is -3.38. The summed E-state index contributed by atoms with van der Waals surface area (Å²) in [5.41, 5.74) is 0. The van der Waals surface area contributed by atoms with Crippen molar-refractivity contribution >= 4 is 69.3 Å². The second kappa shape index (κ2) is 61.0. The number of carbonyl (C=O) groups excluding carboxylic acids is 7. The molecule has 4 aliphatic heterocycles. The number of carboxylic acid groups (broad SMARTS) is 1. The first-order chi connectivity index (χ1) is 58.8. The van der Waals surface area contributed by atoms with Crippen LogP contribution in [0.2, 0.25) is 0 Å². The molecular formula is C83H130N4O33S2. The lowest BCUT2D eigenvalue weighted by Crippen LogP contribution is -2.64. The first-order valence-corrected chi connectivity index (χ1v) is 44.3. The summed E-state index contributed by atoms with van der Waals surface area (Å²) in [6, 6.07) is -2.71. The number of allylic oxidation sites excluding steroid dienone is 12. The molecule has 0 aromatic rings. The maximum absolute atomic E-state index is 13.8. The van der Waals surface area contributed by atoms with Gasteiger partial charge in [0, 0.05) is 64.5 Å². The Morgan fingerprint density at radius 2 is 0.934 bits per heavy atom. The Morgan fingerprint density at radius 1 is 0.484 bits per heavy atom. The maximum Gasteiger partial charge on any atom is 0.408 e. The van der Waals surface area contributed by atoms with Crippen LogP contribution in [0.15, 0.2) is 72.9 Å². The number of methoxy groups -OCH3 is 2. The normalized spacial score (nSPS) is 29.1. The quantitative estimate of drug-likeness (QED) is 0.0104. The molecule has 0 saturated carbocycles. The number of nitrogens with one attached hydrogen (secondary N) is 4. The predicted octanol–water partition coefficient (Wildman–Crippen LogP) is 2.73. The van der Waals surface area contributed by atoms with Gasteiger partial charge in [0.15, 0.2) is 37.4 Å². The molecule has 4 saturated heterocycles. The van der Waals surface area contributed by atoms with Crippen molar-refractivity contribution in [1.29, 1.82) is 0 Å². The van der Waals surface area contributed by atoms with Crippen molar-refractivity contribution < 1.29 is 161 Å². The van der Waals surface area contributed by atoms with Crippen molar-refractivity contribution in [3.63, 3.8) is 0 Å². The van der Waals surface area contributed by atoms with Crippen LogP contribution in [0.3, 0.4) is 0 Å². The topological polar surface area (TPSA) is 536 Å². The molecule has 0 spiro atoms. The highest BCUT2D eigenvalue weighted by Crippen LogP contribution is 2.33. The maximum atomic E-state index is 13.8. The molecule has 5 rings (SSSR count). The van der Waals surface area contributed by atoms with Gasteiger partial charge in [-0.25, -0.2) is 19.2 Å². The lowest BCUT2D eigenvalue weighted by atomic mass is 9.97. The average molecular weight is 1780 g/mol. The third-order valence-electron chi connectivity index (χ3n) is 19.9. The SMILES string of the molecule is CC/C=C\C/C=C\C/C=C\C/C=C\C/C=C\C/C=C\CCC(=O)C[C@H](CSSCCC(=O)NCCCC[C@H](NC(=O)O[C@@H]1C(O)[C@H](OC)OC(CO[C@@H]2OC(CO[C@H]3OC(CO[C@@H]4OC(COC)[C@@H](O)[C@H](O)C4O)[C@@H](O)[C@H](OC(=O)N[C@@H](CCCCNC(=O)COC4C#CCCCCC4)C(=O)OCC)C3O)[C@@H](O)[C@H](O)C2O)[C@H]1O)C(=O)OCC)C(=O)O. The van der Waals surface area contributed by atoms with Gasteiger partial charge in [0.25, 0.3) is 0 Å². The van der Waals surface area contributed by atoms with Gasteiger partial charge < -0.3 is 144 Å². The molecule has 39 heteroatoms. The van der Waals surface area contributed by atoms with Gasteiger partial charge in [-0.05, 0) is 117 Å². The van der Waals surface area contributed by atoms with Crippen molar-refractivity contribution in [3.8, 4) is 11.8 Å². The van der Waals surface area contributed by atoms with Gasteiger partial charge in [-0.2, -0.15) is 0 Å². The number of unbranched alkanes of at least 4 members (excludes halogenated alkanes) is 2. The number of aliphatic hydroxyl groups is 10. The van der Waals surface area contributed by atoms with Crippen LogP contribution in [0.1, 0.15) is 156 Å². The van der Waals surface area contributed by atoms with E-state index in [2.05, 4.69) is 101 Å². The van der Waals surface area contributed by atoms with E-state index >= 15 is 0 Å². The molecule has 5 aliphatic rings. The summed E-state index contributed by atoms with van der Waals surface area (Å²) in [7, 11) is 4.95. The largest absolute Gasteiger partial charge is 0.481 e. The summed E-state index contributed by atoms with van der Waals surface area (Å²) in [4.78, 5) is 104. The molecule has 0 aromatic carbocycles. The fourth-order valence-electron chi connectivity index (χ4n) is 13.0. The number of esters is 2. The van der Waals surface area contributed by atoms with E-state index in [0.717, 1.165) is 71.3 Å². The summed E-state index contributed by atoms with van der Waals surface area (Å²) in [5.74, 6) is 2.06. The number of Topliss-reactive ketones (excluding diaryl/α,β-unsaturated/α-hetero) is 1. The minimum Gasteiger partial charge on any atom is -0.481 e. The van der Waals surface area contributed by atoms with Gasteiger partial charge >= 0.3 is 30.1 Å². The van der Waals surface area contributed by atoms with Crippen LogP contribution in [0.25, 0.3) is 0 Å². The summed E-state index contributed by atoms with van der Waals surface area (Å²) >= 11 is 0. The van der Waals surface area contributed by atoms with Gasteiger partial charge in [-0.1, -0.05) is 114 Å². The Balaban J connectivity index is 1.09. The zero-order chi connectivity index (χ0) is 89.1. The number of rotatable bonds is 56. The number of ether oxygens (including phenoxy) is 14. The first-order valence-electron chi connectivity index (χ1n) is 41.9. The Kier molecular flexibility index (Phi) is 53.0. The lowest BCUT2D eigenvalue weighted by Gasteiger charge is -2.45. The van der Waals surface area contributed by atoms with E-state index in [9.17, 15) is 94.5 Å². The molecule has 0 bridgehead atoms. The Labute approximate surface area is 720 Å². The van der Waals surface area contributed by atoms with Gasteiger partial charge in [0.2, 0.25) is 11.8 Å². The molecule has 1 aliphatic carbocycles. The van der Waals surface area contributed by atoms with Gasteiger partial charge in [0.1, 0.15) is 116 Å². The zero-order valence-electron chi connectivity index (χ0n) is 70.1. The molecule has 0 radical (unpaired) electrons. The van der Waals surface area contributed by atoms with Crippen molar-refractivity contribution in [1.82, 2.24) is 21.3 Å². The van der Waals surface area contributed by atoms with Crippen LogP contribution in [-0.2, 0) is 95.1 Å². The molecule has 9 unspecified atom stereocenters. The van der Waals surface area contributed by atoms with Gasteiger partial charge in [-0.15, -0.1) is 5.92 Å². The standard InChI is InChI=1S/C83H130N4O33S2/c1-6-9-10-11-12-13-14-15-16-17-18-19-20-21-22-23-24-26-29-36-53(88)45-52(75(101)102)51-122-121-44-41-61(89)84-42-34-32-39-55(76(103)109-7-2)86-82(105)119-73-65(93)59(115-78(108-5)71(73)99)48-112-80-70(98)68(96)64(92)58(117-80)47-114-81-72(100)74(66(94)60(118-81)49-113-79-69(97)67(95)63(91)57(116-79)46-107-4)120-83(106)87-56(77(104)110-8-3)40-33-35-43-85-62(90)50-111-54-37-30-27-25-28-31-38-54/h9-10,12-13,15-16,18-19,21-22,24,26,52,54-60,63-74,78-81,91-100H,6-8,11,14,17,20,23,25,27-30,32-37,39-51H2,1-5H3,(H,84,89)(H,85,90)(H,86,105)(H,87,106)(H,101,102)/b10-9-,13-12-,16-15-,19-18-,22-21-,26-24-/t52-,54?,55+,56+,57?,58?,59?,60?,63-,64-,65-,66-,67+,68+,69?,70?,71?,72?,73+,74+,78-,79-,80-,81+/m1/s1. The Hall–Kier alpha value is -6.54. The van der Waals surface area contributed by atoms with Crippen molar-refractivity contribution in [3.05, 3.63) is 72.9 Å². The highest BCUT2D eigenvalue weighted by molar-refractivity contribution is 8.76. The number of carbonyl (C=O) groups is 8. The number of hydrogen-bond acceptors (Lipinski definition) is 34. The molecule has 15 N–H and O–H groups in total. The molecule has 4 amide bonds. The average Bonchev–Trinajstić information content (AvgIpc) is 0.794. The van der Waals surface area contributed by atoms with Crippen molar-refractivity contribution in [2.45, 2.75) is 297 Å². The van der Waals surface area contributed by atoms with E-state index in [4.69, 9.17) is 66.3 Å². The molecule has 692 valence electrons. The van der Waals surface area contributed by atoms with Crippen LogP contribution in [0, 0.1) is 17.8 Å². The highest BCUT2D eigenvalue weighted by atomic mass is 33.1. The Morgan fingerprint density at radius 3 is 1.41 bits per heavy atom. The van der Waals surface area contributed by atoms with Crippen LogP contribution in [0.5, 0.6) is 0 Å². The molecular weight excluding hydrogens is 1650 g/mol. The van der Waals surface area contributed by atoms with E-state index in [1.54, 1.807) is 0 Å². The third kappa shape index (κ3) is 39.1. The van der Waals surface area contributed by atoms with E-state index in [-0.39, 0.29) is 114 Å². The number of ketones is 1. The van der Waals surface area contributed by atoms with E-state index in [0.29, 0.717) is 31.4 Å². The number of carboxylic acids is 1. The number of aliphatic hydroxyl groups excluding tert-OH is 10.